The molecule has 47 heavy (non-hydrogen) atoms. The van der Waals surface area contributed by atoms with Crippen LogP contribution in [0, 0.1) is 5.82 Å². The molecule has 242 valence electrons. The molecule has 1 aliphatic carbocycles. The van der Waals surface area contributed by atoms with Gasteiger partial charge in [0, 0.05) is 23.3 Å². The Morgan fingerprint density at radius 2 is 1.45 bits per heavy atom. The molecule has 1 N–H and O–H groups in total. The van der Waals surface area contributed by atoms with Crippen molar-refractivity contribution < 1.29 is 28.2 Å². The number of methoxy groups -OCH3 is 3. The first-order valence-electron chi connectivity index (χ1n) is 15.7. The van der Waals surface area contributed by atoms with Gasteiger partial charge in [0.25, 0.3) is 5.91 Å². The topological polar surface area (TPSA) is 77.1 Å². The second-order valence-electron chi connectivity index (χ2n) is 13.0. The second kappa shape index (κ2) is 12.6. The maximum atomic E-state index is 14.8. The molecule has 2 aliphatic rings. The summed E-state index contributed by atoms with van der Waals surface area (Å²) in [5, 5.41) is 3.56. The van der Waals surface area contributed by atoms with Gasteiger partial charge in [-0.25, -0.2) is 4.39 Å². The minimum atomic E-state index is -0.843. The lowest BCUT2D eigenvalue weighted by Gasteiger charge is -2.35. The van der Waals surface area contributed by atoms with E-state index in [1.807, 2.05) is 24.3 Å². The maximum Gasteiger partial charge on any atom is 0.259 e. The molecule has 0 fully saturated rings. The van der Waals surface area contributed by atoms with Gasteiger partial charge < -0.3 is 19.5 Å². The smallest absolute Gasteiger partial charge is 0.259 e. The predicted octanol–water partition coefficient (Wildman–Crippen LogP) is 8.36. The third-order valence-corrected chi connectivity index (χ3v) is 9.05. The molecule has 0 unspecified atom stereocenters. The highest BCUT2D eigenvalue weighted by atomic mass is 19.1. The van der Waals surface area contributed by atoms with Gasteiger partial charge in [0.1, 0.15) is 5.82 Å². The quantitative estimate of drug-likeness (QED) is 0.230. The van der Waals surface area contributed by atoms with E-state index in [0.717, 1.165) is 11.3 Å². The van der Waals surface area contributed by atoms with Crippen molar-refractivity contribution in [2.75, 3.05) is 31.5 Å². The van der Waals surface area contributed by atoms with Gasteiger partial charge in [0.05, 0.1) is 38.7 Å². The van der Waals surface area contributed by atoms with Crippen molar-refractivity contribution in [2.24, 2.45) is 0 Å². The second-order valence-corrected chi connectivity index (χ2v) is 13.0. The molecular formula is C39H39FN2O5. The zero-order valence-electron chi connectivity index (χ0n) is 27.5. The fraction of sp³-hybridized carbons (Fsp3) is 0.282. The van der Waals surface area contributed by atoms with Crippen molar-refractivity contribution in [2.45, 2.75) is 51.0 Å². The lowest BCUT2D eigenvalue weighted by molar-refractivity contribution is -0.116. The minimum Gasteiger partial charge on any atom is -0.493 e. The predicted molar refractivity (Wildman–Crippen MR) is 181 cm³/mol. The molecule has 4 aromatic carbocycles. The first kappa shape index (κ1) is 31.9. The molecule has 7 nitrogen and oxygen atoms in total. The number of allylic oxidation sites excluding steroid dienone is 1. The van der Waals surface area contributed by atoms with Crippen LogP contribution in [0.3, 0.4) is 0 Å². The van der Waals surface area contributed by atoms with Crippen LogP contribution in [0.15, 0.2) is 96.2 Å². The number of hydrogen-bond acceptors (Lipinski definition) is 6. The highest BCUT2D eigenvalue weighted by Crippen LogP contribution is 2.49. The van der Waals surface area contributed by atoms with Crippen LogP contribution < -0.4 is 24.4 Å². The van der Waals surface area contributed by atoms with E-state index >= 15 is 0 Å². The third kappa shape index (κ3) is 5.96. The largest absolute Gasteiger partial charge is 0.493 e. The third-order valence-electron chi connectivity index (χ3n) is 9.05. The molecule has 6 rings (SSSR count). The molecule has 0 aromatic heterocycles. The summed E-state index contributed by atoms with van der Waals surface area (Å²) in [6.07, 6.45) is 0.837. The number of amides is 1. The van der Waals surface area contributed by atoms with E-state index in [-0.39, 0.29) is 29.1 Å². The van der Waals surface area contributed by atoms with Crippen LogP contribution in [0.4, 0.5) is 15.8 Å². The number of para-hydroxylation sites is 2. The van der Waals surface area contributed by atoms with Crippen LogP contribution >= 0.6 is 0 Å². The van der Waals surface area contributed by atoms with Crippen LogP contribution in [-0.2, 0) is 10.2 Å². The number of nitrogens with one attached hydrogen (secondary N) is 1. The summed E-state index contributed by atoms with van der Waals surface area (Å²) >= 11 is 0. The minimum absolute atomic E-state index is 0.0134. The van der Waals surface area contributed by atoms with Gasteiger partial charge in [-0.2, -0.15) is 0 Å². The summed E-state index contributed by atoms with van der Waals surface area (Å²) in [4.78, 5) is 30.9. The van der Waals surface area contributed by atoms with E-state index in [1.54, 1.807) is 29.2 Å². The monoisotopic (exact) mass is 634 g/mol. The number of ether oxygens (including phenoxy) is 3. The average molecular weight is 635 g/mol. The van der Waals surface area contributed by atoms with Gasteiger partial charge in [-0.3, -0.25) is 14.5 Å². The summed E-state index contributed by atoms with van der Waals surface area (Å²) in [6.45, 7) is 6.53. The number of carbonyl (C=O) groups is 2. The number of fused-ring (bicyclic) bond motifs is 1. The molecule has 8 heteroatoms. The molecular weight excluding hydrogens is 595 g/mol. The number of benzene rings is 4. The number of halogens is 1. The number of carbonyl (C=O) groups excluding carboxylic acids is 2. The Bertz CT molecular complexity index is 1830. The van der Waals surface area contributed by atoms with Crippen LogP contribution in [0.5, 0.6) is 17.2 Å². The standard InChI is InChI=1S/C39H39FN2O5/c1-39(2,3)27-15-11-23(12-16-27)25-19-30-35(32(43)20-25)36(24-13-17-28(40)18-14-24)42(31-10-8-7-9-29(31)41-30)38(44)26-21-33(45-4)37(47-6)34(22-26)46-5/h7-18,21-22,25,36,41H,19-20H2,1-6H3/t25-,36+/m0/s1. The molecule has 1 heterocycles. The molecule has 1 aliphatic heterocycles. The lowest BCUT2D eigenvalue weighted by Crippen LogP contribution is -2.38. The molecule has 0 bridgehead atoms. The van der Waals surface area contributed by atoms with Crippen molar-refractivity contribution in [3.05, 3.63) is 124 Å². The molecule has 2 atom stereocenters. The van der Waals surface area contributed by atoms with Crippen LogP contribution in [0.25, 0.3) is 0 Å². The molecule has 0 saturated heterocycles. The lowest BCUT2D eigenvalue weighted by atomic mass is 9.77. The SMILES string of the molecule is COc1cc(C(=O)N2c3ccccc3NC3=C(C(=O)C[C@@H](c4ccc(C(C)(C)C)cc4)C3)[C@H]2c2ccc(F)cc2)cc(OC)c1OC. The Morgan fingerprint density at radius 1 is 0.830 bits per heavy atom. The van der Waals surface area contributed by atoms with Gasteiger partial charge in [0.15, 0.2) is 17.3 Å². The van der Waals surface area contributed by atoms with E-state index in [2.05, 4.69) is 50.4 Å². The fourth-order valence-corrected chi connectivity index (χ4v) is 6.61. The van der Waals surface area contributed by atoms with Crippen molar-refractivity contribution >= 4 is 23.1 Å². The van der Waals surface area contributed by atoms with Gasteiger partial charge in [-0.1, -0.05) is 69.3 Å². The van der Waals surface area contributed by atoms with Crippen molar-refractivity contribution in [1.29, 1.82) is 0 Å². The maximum absolute atomic E-state index is 14.8. The van der Waals surface area contributed by atoms with E-state index in [0.29, 0.717) is 46.2 Å². The Hall–Kier alpha value is -5.11. The molecule has 0 saturated carbocycles. The van der Waals surface area contributed by atoms with Crippen LogP contribution in [0.1, 0.15) is 72.6 Å². The Balaban J connectivity index is 1.52. The van der Waals surface area contributed by atoms with Crippen molar-refractivity contribution in [3.8, 4) is 17.2 Å². The number of anilines is 2. The zero-order chi connectivity index (χ0) is 33.5. The summed E-state index contributed by atoms with van der Waals surface area (Å²) in [5.41, 5.74) is 5.69. The summed E-state index contributed by atoms with van der Waals surface area (Å²) in [6, 6.07) is 24.3. The first-order chi connectivity index (χ1) is 22.5. The van der Waals surface area contributed by atoms with Gasteiger partial charge in [-0.05, 0) is 70.8 Å². The number of nitrogens with zero attached hydrogens (tertiary/aromatic N) is 1. The highest BCUT2D eigenvalue weighted by Gasteiger charge is 2.42. The van der Waals surface area contributed by atoms with Gasteiger partial charge >= 0.3 is 0 Å². The Labute approximate surface area is 275 Å². The highest BCUT2D eigenvalue weighted by molar-refractivity contribution is 6.12. The first-order valence-corrected chi connectivity index (χ1v) is 15.7. The summed E-state index contributed by atoms with van der Waals surface area (Å²) in [5.74, 6) is 0.0660. The molecule has 0 radical (unpaired) electrons. The van der Waals surface area contributed by atoms with Crippen molar-refractivity contribution in [3.63, 3.8) is 0 Å². The number of rotatable bonds is 6. The van der Waals surface area contributed by atoms with Crippen molar-refractivity contribution in [1.82, 2.24) is 0 Å². The van der Waals surface area contributed by atoms with E-state index in [4.69, 9.17) is 14.2 Å². The van der Waals surface area contributed by atoms with Crippen LogP contribution in [-0.4, -0.2) is 33.0 Å². The van der Waals surface area contributed by atoms with Gasteiger partial charge in [-0.15, -0.1) is 0 Å². The number of Topliss-reactive ketones (excluding diaryl/α,β-unsaturated/α-hetero) is 1. The zero-order valence-corrected chi connectivity index (χ0v) is 27.5. The molecule has 0 spiro atoms. The molecule has 1 amide bonds. The summed E-state index contributed by atoms with van der Waals surface area (Å²) in [7, 11) is 4.48. The number of ketones is 1. The fourth-order valence-electron chi connectivity index (χ4n) is 6.61. The summed E-state index contributed by atoms with van der Waals surface area (Å²) < 4.78 is 30.9. The van der Waals surface area contributed by atoms with E-state index in [1.165, 1.54) is 39.0 Å². The van der Waals surface area contributed by atoms with Crippen LogP contribution in [0.2, 0.25) is 0 Å². The molecule has 4 aromatic rings. The normalized spacial score (nSPS) is 17.7. The average Bonchev–Trinajstić information content (AvgIpc) is 3.22. The van der Waals surface area contributed by atoms with Gasteiger partial charge in [0.2, 0.25) is 5.75 Å². The van der Waals surface area contributed by atoms with E-state index in [9.17, 15) is 14.0 Å². The Kier molecular flexibility index (Phi) is 8.53. The van der Waals surface area contributed by atoms with E-state index < -0.39 is 17.8 Å². The number of hydrogen-bond donors (Lipinski definition) is 1. The Morgan fingerprint density at radius 3 is 2.04 bits per heavy atom.